The maximum Gasteiger partial charge on any atom is 0.241 e. The minimum atomic E-state index is 0.161. The third-order valence-electron chi connectivity index (χ3n) is 4.24. The molecule has 4 nitrogen and oxygen atoms in total. The van der Waals surface area contributed by atoms with Gasteiger partial charge in [0.25, 0.3) is 0 Å². The van der Waals surface area contributed by atoms with Crippen molar-refractivity contribution in [2.45, 2.75) is 6.54 Å². The van der Waals surface area contributed by atoms with E-state index in [9.17, 15) is 4.79 Å². The molecular formula is C19H22BrN3O. The molecule has 1 aliphatic heterocycles. The van der Waals surface area contributed by atoms with Crippen LogP contribution in [0, 0.1) is 0 Å². The number of halogens is 1. The largest absolute Gasteiger partial charge is 0.376 e. The molecule has 1 aliphatic rings. The maximum atomic E-state index is 12.4. The van der Waals surface area contributed by atoms with Crippen molar-refractivity contribution in [2.75, 3.05) is 38.0 Å². The fraction of sp³-hybridized carbons (Fsp3) is 0.316. The molecule has 2 aromatic rings. The van der Waals surface area contributed by atoms with Gasteiger partial charge in [0.1, 0.15) is 0 Å². The number of nitrogens with zero attached hydrogens (tertiary/aromatic N) is 2. The first-order chi connectivity index (χ1) is 11.7. The average molecular weight is 388 g/mol. The van der Waals surface area contributed by atoms with Crippen molar-refractivity contribution in [2.24, 2.45) is 0 Å². The second-order valence-corrected chi connectivity index (χ2v) is 6.92. The van der Waals surface area contributed by atoms with Gasteiger partial charge in [0, 0.05) is 42.9 Å². The molecule has 0 aliphatic carbocycles. The van der Waals surface area contributed by atoms with Gasteiger partial charge >= 0.3 is 0 Å². The van der Waals surface area contributed by atoms with E-state index in [1.54, 1.807) is 0 Å². The van der Waals surface area contributed by atoms with Crippen LogP contribution in [0.2, 0.25) is 0 Å². The van der Waals surface area contributed by atoms with Gasteiger partial charge in [0.2, 0.25) is 5.91 Å². The number of hydrogen-bond acceptors (Lipinski definition) is 3. The Bertz CT molecular complexity index is 669. The monoisotopic (exact) mass is 387 g/mol. The summed E-state index contributed by atoms with van der Waals surface area (Å²) in [6.45, 7) is 4.75. The number of nitrogens with one attached hydrogen (secondary N) is 1. The number of carbonyl (C=O) groups excluding carboxylic acids is 1. The fourth-order valence-corrected chi connectivity index (χ4v) is 3.28. The van der Waals surface area contributed by atoms with Crippen LogP contribution >= 0.6 is 15.9 Å². The van der Waals surface area contributed by atoms with E-state index < -0.39 is 0 Å². The molecule has 0 radical (unpaired) electrons. The minimum absolute atomic E-state index is 0.161. The Balaban J connectivity index is 1.43. The predicted octanol–water partition coefficient (Wildman–Crippen LogP) is 3.21. The number of rotatable bonds is 5. The van der Waals surface area contributed by atoms with E-state index in [1.807, 2.05) is 35.2 Å². The van der Waals surface area contributed by atoms with E-state index >= 15 is 0 Å². The van der Waals surface area contributed by atoms with Crippen molar-refractivity contribution in [3.05, 3.63) is 64.6 Å². The van der Waals surface area contributed by atoms with Gasteiger partial charge in [-0.1, -0.05) is 52.3 Å². The topological polar surface area (TPSA) is 35.6 Å². The molecule has 1 heterocycles. The molecule has 1 N–H and O–H groups in total. The lowest BCUT2D eigenvalue weighted by molar-refractivity contribution is -0.131. The van der Waals surface area contributed by atoms with Crippen LogP contribution in [-0.2, 0) is 11.3 Å². The SMILES string of the molecule is O=C(CNc1cccc(Br)c1)N1CCN(Cc2ccccc2)CC1. The molecule has 1 amide bonds. The van der Waals surface area contributed by atoms with Crippen LogP contribution in [-0.4, -0.2) is 48.4 Å². The molecule has 0 unspecified atom stereocenters. The Morgan fingerprint density at radius 2 is 1.75 bits per heavy atom. The molecule has 0 bridgehead atoms. The number of benzene rings is 2. The van der Waals surface area contributed by atoms with Crippen molar-refractivity contribution in [1.29, 1.82) is 0 Å². The smallest absolute Gasteiger partial charge is 0.241 e. The zero-order valence-electron chi connectivity index (χ0n) is 13.6. The summed E-state index contributed by atoms with van der Waals surface area (Å²) in [5.74, 6) is 0.161. The van der Waals surface area contributed by atoms with E-state index in [1.165, 1.54) is 5.56 Å². The summed E-state index contributed by atoms with van der Waals surface area (Å²) in [6.07, 6.45) is 0. The molecule has 0 aromatic heterocycles. The minimum Gasteiger partial charge on any atom is -0.376 e. The van der Waals surface area contributed by atoms with Gasteiger partial charge in [0.15, 0.2) is 0 Å². The van der Waals surface area contributed by atoms with E-state index in [2.05, 4.69) is 50.4 Å². The van der Waals surface area contributed by atoms with Crippen LogP contribution < -0.4 is 5.32 Å². The number of piperazine rings is 1. The highest BCUT2D eigenvalue weighted by Gasteiger charge is 2.20. The molecule has 1 fully saturated rings. The highest BCUT2D eigenvalue weighted by Crippen LogP contribution is 2.15. The van der Waals surface area contributed by atoms with Crippen LogP contribution in [0.1, 0.15) is 5.56 Å². The van der Waals surface area contributed by atoms with E-state index in [0.717, 1.165) is 42.9 Å². The molecule has 5 heteroatoms. The summed E-state index contributed by atoms with van der Waals surface area (Å²) in [6, 6.07) is 18.4. The number of hydrogen-bond donors (Lipinski definition) is 1. The van der Waals surface area contributed by atoms with Gasteiger partial charge in [-0.25, -0.2) is 0 Å². The predicted molar refractivity (Wildman–Crippen MR) is 101 cm³/mol. The lowest BCUT2D eigenvalue weighted by atomic mass is 10.2. The second kappa shape index (κ2) is 8.31. The van der Waals surface area contributed by atoms with Crippen molar-refractivity contribution < 1.29 is 4.79 Å². The number of anilines is 1. The molecule has 3 rings (SSSR count). The summed E-state index contributed by atoms with van der Waals surface area (Å²) in [7, 11) is 0. The lowest BCUT2D eigenvalue weighted by Crippen LogP contribution is -2.49. The third-order valence-corrected chi connectivity index (χ3v) is 4.74. The van der Waals surface area contributed by atoms with Crippen molar-refractivity contribution in [3.63, 3.8) is 0 Å². The van der Waals surface area contributed by atoms with Gasteiger partial charge in [-0.2, -0.15) is 0 Å². The Morgan fingerprint density at radius 3 is 2.46 bits per heavy atom. The van der Waals surface area contributed by atoms with Crippen LogP contribution in [0.4, 0.5) is 5.69 Å². The average Bonchev–Trinajstić information content (AvgIpc) is 2.61. The Kier molecular flexibility index (Phi) is 5.88. The zero-order chi connectivity index (χ0) is 16.8. The van der Waals surface area contributed by atoms with Crippen LogP contribution in [0.5, 0.6) is 0 Å². The molecule has 2 aromatic carbocycles. The van der Waals surface area contributed by atoms with E-state index in [-0.39, 0.29) is 5.91 Å². The first-order valence-electron chi connectivity index (χ1n) is 8.24. The van der Waals surface area contributed by atoms with E-state index in [4.69, 9.17) is 0 Å². The molecule has 24 heavy (non-hydrogen) atoms. The third kappa shape index (κ3) is 4.82. The fourth-order valence-electron chi connectivity index (χ4n) is 2.88. The molecule has 0 spiro atoms. The Hall–Kier alpha value is -1.85. The quantitative estimate of drug-likeness (QED) is 0.855. The Labute approximate surface area is 151 Å². The summed E-state index contributed by atoms with van der Waals surface area (Å²) in [4.78, 5) is 16.7. The Morgan fingerprint density at radius 1 is 1.00 bits per heavy atom. The normalized spacial score (nSPS) is 15.3. The molecule has 0 atom stereocenters. The van der Waals surface area contributed by atoms with Gasteiger partial charge in [-0.3, -0.25) is 9.69 Å². The van der Waals surface area contributed by atoms with Gasteiger partial charge in [0.05, 0.1) is 6.54 Å². The summed E-state index contributed by atoms with van der Waals surface area (Å²) >= 11 is 3.44. The lowest BCUT2D eigenvalue weighted by Gasteiger charge is -2.34. The standard InChI is InChI=1S/C19H22BrN3O/c20-17-7-4-8-18(13-17)21-14-19(24)23-11-9-22(10-12-23)15-16-5-2-1-3-6-16/h1-8,13,21H,9-12,14-15H2. The second-order valence-electron chi connectivity index (χ2n) is 6.01. The highest BCUT2D eigenvalue weighted by atomic mass is 79.9. The molecule has 126 valence electrons. The first kappa shape index (κ1) is 17.0. The van der Waals surface area contributed by atoms with Crippen molar-refractivity contribution >= 4 is 27.5 Å². The van der Waals surface area contributed by atoms with Crippen molar-refractivity contribution in [3.8, 4) is 0 Å². The van der Waals surface area contributed by atoms with Gasteiger partial charge < -0.3 is 10.2 Å². The zero-order valence-corrected chi connectivity index (χ0v) is 15.2. The van der Waals surface area contributed by atoms with E-state index in [0.29, 0.717) is 6.54 Å². The molecule has 0 saturated carbocycles. The summed E-state index contributed by atoms with van der Waals surface area (Å²) in [5, 5.41) is 3.20. The number of amides is 1. The summed E-state index contributed by atoms with van der Waals surface area (Å²) in [5.41, 5.74) is 2.29. The van der Waals surface area contributed by atoms with Crippen molar-refractivity contribution in [1.82, 2.24) is 9.80 Å². The van der Waals surface area contributed by atoms with Crippen LogP contribution in [0.15, 0.2) is 59.1 Å². The molecular weight excluding hydrogens is 366 g/mol. The molecule has 1 saturated heterocycles. The van der Waals surface area contributed by atoms with Crippen LogP contribution in [0.3, 0.4) is 0 Å². The highest BCUT2D eigenvalue weighted by molar-refractivity contribution is 9.10. The number of carbonyl (C=O) groups is 1. The summed E-state index contributed by atoms with van der Waals surface area (Å²) < 4.78 is 1.01. The first-order valence-corrected chi connectivity index (χ1v) is 9.03. The van der Waals surface area contributed by atoms with Crippen LogP contribution in [0.25, 0.3) is 0 Å². The van der Waals surface area contributed by atoms with Gasteiger partial charge in [-0.05, 0) is 23.8 Å². The van der Waals surface area contributed by atoms with Gasteiger partial charge in [-0.15, -0.1) is 0 Å². The maximum absolute atomic E-state index is 12.4.